The Morgan fingerprint density at radius 2 is 2.29 bits per heavy atom. The number of hydrogen-bond acceptors (Lipinski definition) is 5. The van der Waals surface area contributed by atoms with E-state index in [1.807, 2.05) is 6.92 Å². The van der Waals surface area contributed by atoms with Crippen molar-refractivity contribution in [2.24, 2.45) is 5.92 Å². The number of imidazole rings is 1. The van der Waals surface area contributed by atoms with Gasteiger partial charge < -0.3 is 9.88 Å². The molecule has 0 bridgehead atoms. The molecular formula is C14H16F3N5OS. The van der Waals surface area contributed by atoms with Crippen molar-refractivity contribution in [1.82, 2.24) is 24.5 Å². The molecule has 1 N–H and O–H groups in total. The van der Waals surface area contributed by atoms with Gasteiger partial charge in [-0.25, -0.2) is 4.98 Å². The van der Waals surface area contributed by atoms with Gasteiger partial charge in [0.25, 0.3) is 5.91 Å². The van der Waals surface area contributed by atoms with Crippen LogP contribution in [-0.2, 0) is 25.6 Å². The number of nitrogens with zero attached hydrogens (tertiary/aromatic N) is 4. The first kappa shape index (κ1) is 16.9. The van der Waals surface area contributed by atoms with E-state index in [9.17, 15) is 18.0 Å². The van der Waals surface area contributed by atoms with E-state index in [4.69, 9.17) is 0 Å². The number of nitrogens with one attached hydrogen (secondary N) is 1. The van der Waals surface area contributed by atoms with Crippen molar-refractivity contribution in [1.29, 1.82) is 0 Å². The van der Waals surface area contributed by atoms with Gasteiger partial charge in [0.1, 0.15) is 10.7 Å². The molecule has 6 nitrogen and oxygen atoms in total. The largest absolute Gasteiger partial charge is 0.434 e. The Morgan fingerprint density at radius 3 is 3.00 bits per heavy atom. The van der Waals surface area contributed by atoms with Crippen LogP contribution in [0.3, 0.4) is 0 Å². The molecule has 1 atom stereocenters. The fraction of sp³-hybridized carbons (Fsp3) is 0.571. The lowest BCUT2D eigenvalue weighted by Crippen LogP contribution is -2.33. The number of halogens is 3. The van der Waals surface area contributed by atoms with E-state index in [2.05, 4.69) is 19.9 Å². The first-order chi connectivity index (χ1) is 11.4. The molecule has 0 fully saturated rings. The second-order valence-corrected chi connectivity index (χ2v) is 6.46. The Bertz CT molecular complexity index is 739. The van der Waals surface area contributed by atoms with Crippen LogP contribution in [0.4, 0.5) is 13.2 Å². The molecule has 1 aliphatic heterocycles. The van der Waals surface area contributed by atoms with Crippen molar-refractivity contribution < 1.29 is 18.0 Å². The Hall–Kier alpha value is -1.97. The molecule has 0 saturated heterocycles. The predicted molar refractivity (Wildman–Crippen MR) is 80.7 cm³/mol. The summed E-state index contributed by atoms with van der Waals surface area (Å²) in [4.78, 5) is 16.3. The minimum absolute atomic E-state index is 0.0719. The van der Waals surface area contributed by atoms with E-state index in [0.717, 1.165) is 17.7 Å². The van der Waals surface area contributed by atoms with Crippen LogP contribution in [-0.4, -0.2) is 31.6 Å². The van der Waals surface area contributed by atoms with Gasteiger partial charge in [-0.05, 0) is 30.3 Å². The maximum atomic E-state index is 12.7. The number of amides is 1. The molecule has 1 amide bonds. The van der Waals surface area contributed by atoms with Gasteiger partial charge in [-0.1, -0.05) is 11.4 Å². The number of carbonyl (C=O) groups is 1. The molecule has 24 heavy (non-hydrogen) atoms. The van der Waals surface area contributed by atoms with Gasteiger partial charge in [-0.15, -0.1) is 5.10 Å². The molecule has 2 aromatic rings. The summed E-state index contributed by atoms with van der Waals surface area (Å²) in [7, 11) is 0. The van der Waals surface area contributed by atoms with Gasteiger partial charge in [0.05, 0.1) is 5.69 Å². The van der Waals surface area contributed by atoms with Gasteiger partial charge in [0.15, 0.2) is 5.69 Å². The fourth-order valence-corrected chi connectivity index (χ4v) is 3.41. The van der Waals surface area contributed by atoms with Crippen LogP contribution in [0.5, 0.6) is 0 Å². The lowest BCUT2D eigenvalue weighted by atomic mass is 9.99. The van der Waals surface area contributed by atoms with Gasteiger partial charge in [-0.3, -0.25) is 4.79 Å². The van der Waals surface area contributed by atoms with Crippen molar-refractivity contribution in [2.75, 3.05) is 6.54 Å². The number of carbonyl (C=O) groups excluding carboxylic acids is 1. The molecule has 130 valence electrons. The highest BCUT2D eigenvalue weighted by atomic mass is 32.1. The molecule has 0 aromatic carbocycles. The zero-order valence-corrected chi connectivity index (χ0v) is 13.7. The quantitative estimate of drug-likeness (QED) is 0.909. The summed E-state index contributed by atoms with van der Waals surface area (Å²) >= 11 is 1.05. The first-order valence-electron chi connectivity index (χ1n) is 7.61. The van der Waals surface area contributed by atoms with Gasteiger partial charge in [0.2, 0.25) is 0 Å². The third-order valence-electron chi connectivity index (χ3n) is 4.03. The smallest absolute Gasteiger partial charge is 0.351 e. The van der Waals surface area contributed by atoms with Crippen molar-refractivity contribution in [3.05, 3.63) is 28.3 Å². The van der Waals surface area contributed by atoms with Crippen LogP contribution in [0.25, 0.3) is 0 Å². The number of rotatable bonds is 4. The second kappa shape index (κ2) is 6.50. The first-order valence-corrected chi connectivity index (χ1v) is 8.38. The summed E-state index contributed by atoms with van der Waals surface area (Å²) in [5.74, 6) is 0.293. The highest BCUT2D eigenvalue weighted by molar-refractivity contribution is 7.08. The van der Waals surface area contributed by atoms with Crippen LogP contribution in [0.15, 0.2) is 6.20 Å². The van der Waals surface area contributed by atoms with Gasteiger partial charge >= 0.3 is 6.18 Å². The van der Waals surface area contributed by atoms with E-state index in [0.29, 0.717) is 48.7 Å². The summed E-state index contributed by atoms with van der Waals surface area (Å²) in [6.07, 6.45) is -1.59. The maximum Gasteiger partial charge on any atom is 0.434 e. The predicted octanol–water partition coefficient (Wildman–Crippen LogP) is 2.31. The van der Waals surface area contributed by atoms with Crippen molar-refractivity contribution in [3.8, 4) is 0 Å². The number of fused-ring (bicyclic) bond motifs is 1. The number of aromatic nitrogens is 4. The zero-order chi connectivity index (χ0) is 17.3. The van der Waals surface area contributed by atoms with E-state index in [1.54, 1.807) is 0 Å². The molecule has 0 unspecified atom stereocenters. The number of alkyl halides is 3. The lowest BCUT2D eigenvalue weighted by molar-refractivity contribution is -0.141. The van der Waals surface area contributed by atoms with Crippen LogP contribution >= 0.6 is 11.5 Å². The second-order valence-electron chi connectivity index (χ2n) is 5.71. The van der Waals surface area contributed by atoms with Crippen molar-refractivity contribution in [2.45, 2.75) is 38.9 Å². The normalized spacial score (nSPS) is 17.6. The van der Waals surface area contributed by atoms with E-state index < -0.39 is 11.9 Å². The summed E-state index contributed by atoms with van der Waals surface area (Å²) in [6.45, 7) is 2.71. The van der Waals surface area contributed by atoms with Crippen molar-refractivity contribution in [3.63, 3.8) is 0 Å². The fourth-order valence-electron chi connectivity index (χ4n) is 2.75. The number of hydrogen-bond donors (Lipinski definition) is 1. The lowest BCUT2D eigenvalue weighted by Gasteiger charge is -2.23. The van der Waals surface area contributed by atoms with Crippen LogP contribution in [0.1, 0.15) is 40.2 Å². The SMILES string of the molecule is CCc1nnsc1C(=O)NC[C@H]1CCc2nc(C(F)(F)F)cn2C1. The third kappa shape index (κ3) is 3.42. The Kier molecular flexibility index (Phi) is 4.57. The summed E-state index contributed by atoms with van der Waals surface area (Å²) in [6, 6.07) is 0. The average Bonchev–Trinajstić information content (AvgIpc) is 3.17. The topological polar surface area (TPSA) is 72.7 Å². The van der Waals surface area contributed by atoms with E-state index in [1.165, 1.54) is 4.57 Å². The third-order valence-corrected chi connectivity index (χ3v) is 4.80. The molecule has 1 aliphatic rings. The molecule has 0 radical (unpaired) electrons. The highest BCUT2D eigenvalue weighted by Gasteiger charge is 2.35. The van der Waals surface area contributed by atoms with Crippen LogP contribution in [0, 0.1) is 5.92 Å². The zero-order valence-electron chi connectivity index (χ0n) is 12.9. The maximum absolute atomic E-state index is 12.7. The summed E-state index contributed by atoms with van der Waals surface area (Å²) in [5.41, 5.74) is -0.196. The Balaban J connectivity index is 1.60. The molecular weight excluding hydrogens is 343 g/mol. The monoisotopic (exact) mass is 359 g/mol. The van der Waals surface area contributed by atoms with E-state index >= 15 is 0 Å². The molecule has 10 heteroatoms. The average molecular weight is 359 g/mol. The van der Waals surface area contributed by atoms with Gasteiger partial charge in [-0.2, -0.15) is 13.2 Å². The van der Waals surface area contributed by atoms with Crippen LogP contribution in [0.2, 0.25) is 0 Å². The Labute approximate surface area is 140 Å². The Morgan fingerprint density at radius 1 is 1.50 bits per heavy atom. The molecule has 3 rings (SSSR count). The van der Waals surface area contributed by atoms with Gasteiger partial charge in [0, 0.05) is 25.7 Å². The molecule has 2 aromatic heterocycles. The minimum atomic E-state index is -4.43. The van der Waals surface area contributed by atoms with Crippen LogP contribution < -0.4 is 5.32 Å². The van der Waals surface area contributed by atoms with Crippen molar-refractivity contribution >= 4 is 17.4 Å². The summed E-state index contributed by atoms with van der Waals surface area (Å²) in [5, 5.41) is 6.73. The molecule has 0 saturated carbocycles. The minimum Gasteiger partial charge on any atom is -0.351 e. The highest BCUT2D eigenvalue weighted by Crippen LogP contribution is 2.30. The number of aryl methyl sites for hydroxylation is 2. The van der Waals surface area contributed by atoms with E-state index in [-0.39, 0.29) is 11.8 Å². The molecule has 3 heterocycles. The molecule has 0 spiro atoms. The summed E-state index contributed by atoms with van der Waals surface area (Å²) < 4.78 is 43.4. The molecule has 0 aliphatic carbocycles. The standard InChI is InChI=1S/C14H16F3N5OS/c1-2-9-12(24-21-20-9)13(23)18-5-8-3-4-11-19-10(14(15,16)17)7-22(11)6-8/h7-8H,2-6H2,1H3,(H,18,23)/t8-/m1/s1.